The van der Waals surface area contributed by atoms with Crippen LogP contribution >= 0.6 is 0 Å². The second-order valence-electron chi connectivity index (χ2n) is 11.3. The number of anilines is 1. The van der Waals surface area contributed by atoms with Gasteiger partial charge in [0, 0.05) is 45.8 Å². The zero-order chi connectivity index (χ0) is 28.3. The van der Waals surface area contributed by atoms with Crippen LogP contribution < -0.4 is 9.64 Å². The van der Waals surface area contributed by atoms with E-state index in [1.165, 1.54) is 47.2 Å². The third-order valence-corrected chi connectivity index (χ3v) is 8.42. The highest BCUT2D eigenvalue weighted by atomic mass is 16.7. The van der Waals surface area contributed by atoms with Crippen LogP contribution in [0.1, 0.15) is 61.6 Å². The Morgan fingerprint density at radius 3 is 2.27 bits per heavy atom. The predicted octanol–water partition coefficient (Wildman–Crippen LogP) is 7.99. The van der Waals surface area contributed by atoms with Gasteiger partial charge in [0.1, 0.15) is 5.75 Å². The summed E-state index contributed by atoms with van der Waals surface area (Å²) in [5, 5.41) is 0. The predicted molar refractivity (Wildman–Crippen MR) is 167 cm³/mol. The van der Waals surface area contributed by atoms with Crippen LogP contribution in [-0.2, 0) is 20.6 Å². The molecular formula is C36H45NO4. The molecule has 0 aliphatic carbocycles. The molecule has 5 heteroatoms. The van der Waals surface area contributed by atoms with Crippen molar-refractivity contribution in [1.82, 2.24) is 0 Å². The molecular weight excluding hydrogens is 510 g/mol. The fourth-order valence-corrected chi connectivity index (χ4v) is 5.89. The number of nitrogens with zero attached hydrogens (tertiary/aromatic N) is 1. The minimum absolute atomic E-state index is 0.0915. The lowest BCUT2D eigenvalue weighted by Gasteiger charge is -2.34. The third-order valence-electron chi connectivity index (χ3n) is 8.42. The van der Waals surface area contributed by atoms with Crippen molar-refractivity contribution in [3.8, 4) is 5.75 Å². The molecule has 2 saturated heterocycles. The largest absolute Gasteiger partial charge is 0.465 e. The maximum absolute atomic E-state index is 6.02. The first-order valence-electron chi connectivity index (χ1n) is 15.2. The molecule has 0 unspecified atom stereocenters. The van der Waals surface area contributed by atoms with Crippen molar-refractivity contribution in [2.24, 2.45) is 5.92 Å². The molecule has 0 bridgehead atoms. The first-order chi connectivity index (χ1) is 20.2. The molecule has 2 fully saturated rings. The molecule has 5 nitrogen and oxygen atoms in total. The first-order valence-corrected chi connectivity index (χ1v) is 15.2. The van der Waals surface area contributed by atoms with Gasteiger partial charge in [0.15, 0.2) is 12.6 Å². The van der Waals surface area contributed by atoms with Gasteiger partial charge in [-0.05, 0) is 91.0 Å². The van der Waals surface area contributed by atoms with E-state index in [9.17, 15) is 0 Å². The summed E-state index contributed by atoms with van der Waals surface area (Å²) in [6.45, 7) is 2.95. The minimum atomic E-state index is -0.106. The van der Waals surface area contributed by atoms with Crippen LogP contribution in [0.3, 0.4) is 0 Å². The van der Waals surface area contributed by atoms with Crippen molar-refractivity contribution in [1.29, 1.82) is 0 Å². The van der Waals surface area contributed by atoms with Crippen LogP contribution in [0.15, 0.2) is 78.9 Å². The van der Waals surface area contributed by atoms with E-state index in [1.54, 1.807) is 14.2 Å². The van der Waals surface area contributed by atoms with Crippen LogP contribution in [-0.4, -0.2) is 46.5 Å². The molecule has 0 N–H and O–H groups in total. The van der Waals surface area contributed by atoms with Crippen molar-refractivity contribution in [3.63, 3.8) is 0 Å². The zero-order valence-corrected chi connectivity index (χ0v) is 24.7. The highest BCUT2D eigenvalue weighted by Crippen LogP contribution is 2.29. The number of benzene rings is 3. The van der Waals surface area contributed by atoms with Crippen LogP contribution in [0.4, 0.5) is 5.69 Å². The van der Waals surface area contributed by atoms with Crippen LogP contribution in [0.2, 0.25) is 0 Å². The molecule has 0 saturated carbocycles. The molecule has 0 spiro atoms. The molecule has 2 heterocycles. The lowest BCUT2D eigenvalue weighted by molar-refractivity contribution is -0.115. The van der Waals surface area contributed by atoms with E-state index in [1.807, 2.05) is 0 Å². The minimum Gasteiger partial charge on any atom is -0.465 e. The number of ether oxygens (including phenoxy) is 4. The monoisotopic (exact) mass is 555 g/mol. The van der Waals surface area contributed by atoms with E-state index in [0.29, 0.717) is 5.92 Å². The van der Waals surface area contributed by atoms with E-state index >= 15 is 0 Å². The normalized spacial score (nSPS) is 18.6. The summed E-state index contributed by atoms with van der Waals surface area (Å²) in [5.41, 5.74) is 6.48. The van der Waals surface area contributed by atoms with Crippen LogP contribution in [0.25, 0.3) is 11.6 Å². The summed E-state index contributed by atoms with van der Waals surface area (Å²) < 4.78 is 22.6. The van der Waals surface area contributed by atoms with Gasteiger partial charge < -0.3 is 23.8 Å². The van der Waals surface area contributed by atoms with E-state index in [-0.39, 0.29) is 12.6 Å². The van der Waals surface area contributed by atoms with E-state index in [4.69, 9.17) is 18.9 Å². The fourth-order valence-electron chi connectivity index (χ4n) is 5.89. The lowest BCUT2D eigenvalue weighted by atomic mass is 9.93. The summed E-state index contributed by atoms with van der Waals surface area (Å²) in [6, 6.07) is 28.3. The highest BCUT2D eigenvalue weighted by Gasteiger charge is 2.22. The van der Waals surface area contributed by atoms with E-state index < -0.39 is 0 Å². The van der Waals surface area contributed by atoms with Gasteiger partial charge >= 0.3 is 0 Å². The Bertz CT molecular complexity index is 1190. The molecule has 0 aromatic heterocycles. The summed E-state index contributed by atoms with van der Waals surface area (Å²) in [4.78, 5) is 2.50. The Kier molecular flexibility index (Phi) is 10.9. The summed E-state index contributed by atoms with van der Waals surface area (Å²) in [7, 11) is 3.45. The lowest BCUT2D eigenvalue weighted by Crippen LogP contribution is -2.35. The second-order valence-corrected chi connectivity index (χ2v) is 11.3. The molecule has 0 amide bonds. The number of methoxy groups -OCH3 is 2. The van der Waals surface area contributed by atoms with Gasteiger partial charge in [0.05, 0.1) is 6.61 Å². The molecule has 2 aliphatic rings. The van der Waals surface area contributed by atoms with Crippen molar-refractivity contribution >= 4 is 17.3 Å². The SMILES string of the molecule is COC(CC1CCN(c2ccc(C=C(CCc3ccc(O[C@@H]4CCCCO4)cc3)c3ccccc3)cc2)CC1)OC. The first kappa shape index (κ1) is 29.4. The van der Waals surface area contributed by atoms with Gasteiger partial charge in [-0.2, -0.15) is 0 Å². The maximum atomic E-state index is 6.02. The van der Waals surface area contributed by atoms with Gasteiger partial charge in [-0.1, -0.05) is 60.7 Å². The van der Waals surface area contributed by atoms with Gasteiger partial charge in [0.25, 0.3) is 0 Å². The topological polar surface area (TPSA) is 40.2 Å². The van der Waals surface area contributed by atoms with E-state index in [0.717, 1.165) is 57.6 Å². The molecule has 0 radical (unpaired) electrons. The van der Waals surface area contributed by atoms with Gasteiger partial charge in [0.2, 0.25) is 0 Å². The number of allylic oxidation sites excluding steroid dienone is 1. The fraction of sp³-hybridized carbons (Fsp3) is 0.444. The molecule has 3 aromatic rings. The molecule has 41 heavy (non-hydrogen) atoms. The van der Waals surface area contributed by atoms with Gasteiger partial charge in [-0.15, -0.1) is 0 Å². The zero-order valence-electron chi connectivity index (χ0n) is 24.7. The quantitative estimate of drug-likeness (QED) is 0.167. The van der Waals surface area contributed by atoms with Gasteiger partial charge in [-0.3, -0.25) is 0 Å². The highest BCUT2D eigenvalue weighted by molar-refractivity contribution is 5.82. The number of rotatable bonds is 12. The number of hydrogen-bond donors (Lipinski definition) is 0. The number of piperidine rings is 1. The standard InChI is InChI=1S/C36H45NO4/c1-38-36(39-2)27-30-21-23-37(24-22-30)33-17-12-29(13-18-33)26-32(31-8-4-3-5-9-31)16-11-28-14-19-34(20-15-28)41-35-10-6-7-25-40-35/h3-5,8-9,12-15,17-20,26,30,35-36H,6-7,10-11,16,21-25,27H2,1-2H3/t35-/m1/s1. The smallest absolute Gasteiger partial charge is 0.199 e. The molecule has 1 atom stereocenters. The molecule has 2 aliphatic heterocycles. The molecule has 5 rings (SSSR count). The Hall–Kier alpha value is -3.12. The average Bonchev–Trinajstić information content (AvgIpc) is 3.04. The Balaban J connectivity index is 1.20. The second kappa shape index (κ2) is 15.2. The summed E-state index contributed by atoms with van der Waals surface area (Å²) in [5.74, 6) is 1.54. The third kappa shape index (κ3) is 8.68. The Labute approximate surface area is 246 Å². The number of hydrogen-bond acceptors (Lipinski definition) is 5. The van der Waals surface area contributed by atoms with Crippen molar-refractivity contribution in [3.05, 3.63) is 95.6 Å². The van der Waals surface area contributed by atoms with E-state index in [2.05, 4.69) is 89.8 Å². The van der Waals surface area contributed by atoms with Crippen LogP contribution in [0, 0.1) is 5.92 Å². The Morgan fingerprint density at radius 2 is 1.61 bits per heavy atom. The van der Waals surface area contributed by atoms with Crippen LogP contribution in [0.5, 0.6) is 5.75 Å². The van der Waals surface area contributed by atoms with Crippen molar-refractivity contribution < 1.29 is 18.9 Å². The summed E-state index contributed by atoms with van der Waals surface area (Å²) >= 11 is 0. The Morgan fingerprint density at radius 1 is 0.878 bits per heavy atom. The molecule has 3 aromatic carbocycles. The summed E-state index contributed by atoms with van der Waals surface area (Å²) in [6.07, 6.45) is 10.7. The number of aryl methyl sites for hydroxylation is 1. The molecule has 218 valence electrons. The van der Waals surface area contributed by atoms with Crippen molar-refractivity contribution in [2.45, 2.75) is 63.9 Å². The average molecular weight is 556 g/mol. The van der Waals surface area contributed by atoms with Crippen molar-refractivity contribution in [2.75, 3.05) is 38.8 Å². The maximum Gasteiger partial charge on any atom is 0.199 e. The van der Waals surface area contributed by atoms with Gasteiger partial charge in [-0.25, -0.2) is 0 Å².